The van der Waals surface area contributed by atoms with Gasteiger partial charge >= 0.3 is 12.1 Å². The normalized spacial score (nSPS) is 21.3. The summed E-state index contributed by atoms with van der Waals surface area (Å²) in [6.07, 6.45) is 0.0394. The Hall–Kier alpha value is -8.23. The van der Waals surface area contributed by atoms with Crippen LogP contribution >= 0.6 is 0 Å². The molecule has 0 saturated carbocycles. The van der Waals surface area contributed by atoms with Crippen LogP contribution in [0.2, 0.25) is 0 Å². The van der Waals surface area contributed by atoms with Gasteiger partial charge in [-0.3, -0.25) is 24.3 Å². The molecule has 2 N–H and O–H groups in total. The van der Waals surface area contributed by atoms with Gasteiger partial charge in [0.05, 0.1) is 42.4 Å². The van der Waals surface area contributed by atoms with Gasteiger partial charge in [-0.2, -0.15) is 0 Å². The average molecular weight is 952 g/mol. The van der Waals surface area contributed by atoms with E-state index in [2.05, 4.69) is 32.5 Å². The first-order chi connectivity index (χ1) is 34.8. The number of hydrogen-bond acceptors (Lipinski definition) is 13. The maximum Gasteiger partial charge on any atom is 0.421 e. The molecule has 16 heteroatoms. The Bertz CT molecular complexity index is 3140. The molecule has 358 valence electrons. The lowest BCUT2D eigenvalue weighted by atomic mass is 9.65. The molecule has 0 unspecified atom stereocenters. The summed E-state index contributed by atoms with van der Waals surface area (Å²) in [6, 6.07) is 40.4. The molecule has 3 aliphatic rings. The van der Waals surface area contributed by atoms with Gasteiger partial charge in [0.15, 0.2) is 0 Å². The minimum atomic E-state index is -2.11. The van der Waals surface area contributed by atoms with Gasteiger partial charge in [0.2, 0.25) is 11.8 Å². The van der Waals surface area contributed by atoms with Gasteiger partial charge < -0.3 is 29.4 Å². The van der Waals surface area contributed by atoms with E-state index in [1.807, 2.05) is 102 Å². The number of nitrogens with one attached hydrogen (secondary N) is 1. The van der Waals surface area contributed by atoms with Gasteiger partial charge in [-0.25, -0.2) is 14.4 Å². The minimum Gasteiger partial charge on any atom is -0.491 e. The van der Waals surface area contributed by atoms with E-state index in [-0.39, 0.29) is 56.5 Å². The molecule has 2 aromatic heterocycles. The number of pyridine rings is 1. The van der Waals surface area contributed by atoms with Crippen LogP contribution in [0.5, 0.6) is 5.75 Å². The highest BCUT2D eigenvalue weighted by Crippen LogP contribution is 2.66. The Morgan fingerprint density at radius 3 is 2.35 bits per heavy atom. The number of carbonyl (C=O) groups excluding carboxylic acids is 4. The molecule has 3 amide bonds. The number of carbonyl (C=O) groups is 4. The van der Waals surface area contributed by atoms with Crippen molar-refractivity contribution in [2.45, 2.75) is 42.6 Å². The quantitative estimate of drug-likeness (QED) is 0.0729. The molecule has 2 fully saturated rings. The van der Waals surface area contributed by atoms with Gasteiger partial charge in [0.1, 0.15) is 48.6 Å². The second kappa shape index (κ2) is 20.4. The first-order valence-electron chi connectivity index (χ1n) is 23.3. The first kappa shape index (κ1) is 46.5. The number of hydrogen-bond donors (Lipinski definition) is 2. The van der Waals surface area contributed by atoms with E-state index in [1.165, 1.54) is 7.11 Å². The van der Waals surface area contributed by atoms with Crippen LogP contribution in [0, 0.1) is 17.8 Å². The molecular formula is C55H49N7O9. The van der Waals surface area contributed by atoms with Crippen molar-refractivity contribution in [1.29, 1.82) is 0 Å². The van der Waals surface area contributed by atoms with Gasteiger partial charge in [0.25, 0.3) is 0 Å². The summed E-state index contributed by atoms with van der Waals surface area (Å²) in [7, 11) is 1.46. The summed E-state index contributed by atoms with van der Waals surface area (Å²) in [4.78, 5) is 69.7. The van der Waals surface area contributed by atoms with Crippen LogP contribution in [0.15, 0.2) is 152 Å². The Morgan fingerprint density at radius 2 is 1.58 bits per heavy atom. The number of amides is 3. The smallest absolute Gasteiger partial charge is 0.421 e. The number of fused-ring (bicyclic) bond motifs is 4. The number of imide groups is 1. The fourth-order valence-electron chi connectivity index (χ4n) is 10.4. The van der Waals surface area contributed by atoms with Crippen molar-refractivity contribution in [3.05, 3.63) is 185 Å². The predicted molar refractivity (Wildman–Crippen MR) is 260 cm³/mol. The number of methoxy groups -OCH3 is 1. The van der Waals surface area contributed by atoms with E-state index < -0.39 is 59.4 Å². The van der Waals surface area contributed by atoms with E-state index >= 15 is 14.4 Å². The molecule has 16 nitrogen and oxygen atoms in total. The first-order valence-corrected chi connectivity index (χ1v) is 23.3. The van der Waals surface area contributed by atoms with Crippen molar-refractivity contribution in [3.63, 3.8) is 0 Å². The van der Waals surface area contributed by atoms with E-state index in [4.69, 9.17) is 18.9 Å². The number of morpholine rings is 1. The lowest BCUT2D eigenvalue weighted by molar-refractivity contribution is -0.178. The molecule has 71 heavy (non-hydrogen) atoms. The van der Waals surface area contributed by atoms with Gasteiger partial charge in [-0.05, 0) is 65.2 Å². The fraction of sp³-hybridized carbons (Fsp3) is 0.255. The lowest BCUT2D eigenvalue weighted by Crippen LogP contribution is -2.56. The Labute approximate surface area is 409 Å². The molecule has 0 radical (unpaired) electrons. The highest BCUT2D eigenvalue weighted by atomic mass is 16.6. The van der Waals surface area contributed by atoms with E-state index in [0.29, 0.717) is 34.3 Å². The summed E-state index contributed by atoms with van der Waals surface area (Å²) < 4.78 is 25.5. The lowest BCUT2D eigenvalue weighted by Gasteiger charge is -2.46. The van der Waals surface area contributed by atoms with Gasteiger partial charge in [-0.1, -0.05) is 114 Å². The highest BCUT2D eigenvalue weighted by Gasteiger charge is 2.76. The third-order valence-corrected chi connectivity index (χ3v) is 13.3. The van der Waals surface area contributed by atoms with Crippen molar-refractivity contribution >= 4 is 40.6 Å². The molecule has 3 aliphatic heterocycles. The molecule has 5 heterocycles. The molecule has 7 aromatic rings. The molecule has 2 saturated heterocycles. The maximum absolute atomic E-state index is 16.5. The van der Waals surface area contributed by atoms with Crippen LogP contribution in [0.25, 0.3) is 11.0 Å². The number of rotatable bonds is 14. The maximum atomic E-state index is 16.5. The largest absolute Gasteiger partial charge is 0.491 e. The number of para-hydroxylation sites is 2. The molecule has 1 spiro atoms. The van der Waals surface area contributed by atoms with Gasteiger partial charge in [-0.15, -0.1) is 5.10 Å². The summed E-state index contributed by atoms with van der Waals surface area (Å²) in [5, 5.41) is 21.8. The van der Waals surface area contributed by atoms with Crippen molar-refractivity contribution in [3.8, 4) is 17.6 Å². The number of aliphatic hydroxyl groups excluding tert-OH is 1. The van der Waals surface area contributed by atoms with Crippen molar-refractivity contribution in [1.82, 2.24) is 30.2 Å². The Kier molecular flexibility index (Phi) is 13.4. The molecule has 0 bridgehead atoms. The molecule has 10 rings (SSSR count). The topological polar surface area (TPSA) is 188 Å². The predicted octanol–water partition coefficient (Wildman–Crippen LogP) is 6.06. The summed E-state index contributed by atoms with van der Waals surface area (Å²) in [5.74, 6) is 2.96. The third-order valence-electron chi connectivity index (χ3n) is 13.3. The number of ether oxygens (including phenoxy) is 4. The molecule has 5 aromatic carbocycles. The van der Waals surface area contributed by atoms with Crippen molar-refractivity contribution in [2.75, 3.05) is 45.0 Å². The number of nitrogens with zero attached hydrogens (tertiary/aromatic N) is 6. The Balaban J connectivity index is 1.23. The van der Waals surface area contributed by atoms with E-state index in [1.54, 1.807) is 59.4 Å². The Morgan fingerprint density at radius 1 is 0.831 bits per heavy atom. The highest BCUT2D eigenvalue weighted by molar-refractivity contribution is 6.23. The second-order valence-corrected chi connectivity index (χ2v) is 17.3. The number of aromatic nitrogens is 4. The van der Waals surface area contributed by atoms with Gasteiger partial charge in [0, 0.05) is 43.1 Å². The SMILES string of the molecule is COCCOC(=O)N1C(=O)[C@@]2(c3cc(C#CCn4nnc5ccccc54)ccc31)[C@H](C(=O)NCCc1ccccn1)[C@H]1C(=O)O[C@H](c3ccccc3)[C@H](c3ccccc3)N1[C@@H]2c1ccccc1OCCO. The van der Waals surface area contributed by atoms with E-state index in [0.717, 1.165) is 16.0 Å². The van der Waals surface area contributed by atoms with Crippen LogP contribution in [-0.2, 0) is 47.0 Å². The van der Waals surface area contributed by atoms with Crippen LogP contribution < -0.4 is 15.0 Å². The second-order valence-electron chi connectivity index (χ2n) is 17.3. The molecule has 6 atom stereocenters. The van der Waals surface area contributed by atoms with Crippen molar-refractivity contribution < 1.29 is 43.2 Å². The summed E-state index contributed by atoms with van der Waals surface area (Å²) in [5.41, 5.74) is 2.77. The third kappa shape index (κ3) is 8.54. The fourth-order valence-corrected chi connectivity index (χ4v) is 10.4. The molecule has 0 aliphatic carbocycles. The zero-order valence-electron chi connectivity index (χ0n) is 38.7. The zero-order valence-corrected chi connectivity index (χ0v) is 38.7. The summed E-state index contributed by atoms with van der Waals surface area (Å²) in [6.45, 7) is -0.328. The monoisotopic (exact) mass is 951 g/mol. The summed E-state index contributed by atoms with van der Waals surface area (Å²) >= 11 is 0. The number of anilines is 1. The van der Waals surface area contributed by atoms with Crippen molar-refractivity contribution in [2.24, 2.45) is 5.92 Å². The minimum absolute atomic E-state index is 0.0438. The average Bonchev–Trinajstić information content (AvgIpc) is 4.05. The standard InChI is InChI=1S/C55H49N7O9/c1-68-33-34-70-54(67)61-43-26-25-36(15-14-30-60-44-23-10-9-22-42(44)58-59-60)35-41(43)55(53(61)66)46(51(64)57-29-27-39-20-12-13-28-56-39)48-52(65)71-49(38-18-6-3-7-19-38)47(37-16-4-2-5-17-37)62(48)50(55)40-21-8-11-24-45(40)69-32-31-63/h2-13,16-26,28,35,46-50,63H,27,29-34H2,1H3,(H,57,64)/t46-,47-,48-,49+,50+,55-/m0/s1. The van der Waals surface area contributed by atoms with E-state index in [9.17, 15) is 9.90 Å². The van der Waals surface area contributed by atoms with Crippen LogP contribution in [0.1, 0.15) is 51.7 Å². The number of cyclic esters (lactones) is 1. The van der Waals surface area contributed by atoms with Crippen LogP contribution in [-0.4, -0.2) is 100.0 Å². The van der Waals surface area contributed by atoms with Crippen LogP contribution in [0.4, 0.5) is 10.5 Å². The number of benzene rings is 5. The molecular weight excluding hydrogens is 903 g/mol. The number of esters is 1. The van der Waals surface area contributed by atoms with Crippen LogP contribution in [0.3, 0.4) is 0 Å². The number of aliphatic hydroxyl groups is 1. The zero-order chi connectivity index (χ0) is 48.9.